The summed E-state index contributed by atoms with van der Waals surface area (Å²) in [6, 6.07) is 9.85. The number of hydrogen-bond acceptors (Lipinski definition) is 10. The second kappa shape index (κ2) is 15.2. The van der Waals surface area contributed by atoms with Crippen LogP contribution in [-0.2, 0) is 32.2 Å². The lowest BCUT2D eigenvalue weighted by atomic mass is 9.85. The Morgan fingerprint density at radius 3 is 1.98 bits per heavy atom. The van der Waals surface area contributed by atoms with Crippen LogP contribution in [0.25, 0.3) is 0 Å². The molecule has 3 rings (SSSR count). The number of hydrogen-bond donors (Lipinski definition) is 4. The van der Waals surface area contributed by atoms with Gasteiger partial charge < -0.3 is 35.0 Å². The number of piperidine rings is 1. The first-order valence-corrected chi connectivity index (χ1v) is 12.9. The van der Waals surface area contributed by atoms with Crippen molar-refractivity contribution in [1.82, 2.24) is 24.7 Å². The van der Waals surface area contributed by atoms with Crippen molar-refractivity contribution in [2.75, 3.05) is 38.3 Å². The molecule has 1 aliphatic rings. The molecule has 15 nitrogen and oxygen atoms in total. The molecule has 0 aliphatic carbocycles. The number of likely N-dealkylation sites (tertiary alicyclic amines) is 1. The number of aryl methyl sites for hydroxylation is 1. The highest BCUT2D eigenvalue weighted by Gasteiger charge is 2.42. The Kier molecular flexibility index (Phi) is 12.4. The van der Waals surface area contributed by atoms with E-state index in [-0.39, 0.29) is 17.1 Å². The van der Waals surface area contributed by atoms with Crippen LogP contribution in [0.5, 0.6) is 0 Å². The molecule has 0 spiro atoms. The smallest absolute Gasteiger partial charge is 0.363 e. The Morgan fingerprint density at radius 1 is 0.975 bits per heavy atom. The minimum Gasteiger partial charge on any atom is -0.479 e. The number of methoxy groups -OCH3 is 1. The van der Waals surface area contributed by atoms with Crippen molar-refractivity contribution in [3.63, 3.8) is 0 Å². The van der Waals surface area contributed by atoms with Crippen LogP contribution >= 0.6 is 0 Å². The van der Waals surface area contributed by atoms with Gasteiger partial charge in [-0.05, 0) is 42.3 Å². The number of carboxylic acids is 2. The van der Waals surface area contributed by atoms with Gasteiger partial charge in [-0.3, -0.25) is 4.79 Å². The Hall–Kier alpha value is -3.66. The second-order valence-electron chi connectivity index (χ2n) is 9.28. The fourth-order valence-electron chi connectivity index (χ4n) is 4.46. The van der Waals surface area contributed by atoms with Crippen molar-refractivity contribution >= 4 is 23.5 Å². The Balaban J connectivity index is 0.000000478. The first kappa shape index (κ1) is 32.6. The quantitative estimate of drug-likeness (QED) is 0.251. The summed E-state index contributed by atoms with van der Waals surface area (Å²) in [7, 11) is 1.69. The van der Waals surface area contributed by atoms with Gasteiger partial charge in [0.2, 0.25) is 5.91 Å². The number of aromatic nitrogens is 4. The predicted molar refractivity (Wildman–Crippen MR) is 142 cm³/mol. The Labute approximate surface area is 231 Å². The largest absolute Gasteiger partial charge is 0.479 e. The summed E-state index contributed by atoms with van der Waals surface area (Å²) < 4.78 is 8.37. The molecule has 1 aromatic heterocycles. The molecule has 15 heteroatoms. The van der Waals surface area contributed by atoms with Gasteiger partial charge in [0.05, 0.1) is 18.7 Å². The third-order valence-electron chi connectivity index (χ3n) is 6.67. The van der Waals surface area contributed by atoms with Gasteiger partial charge in [-0.25, -0.2) is 14.4 Å². The van der Waals surface area contributed by atoms with Crippen LogP contribution in [0.15, 0.2) is 35.1 Å². The van der Waals surface area contributed by atoms with Crippen molar-refractivity contribution in [3.05, 3.63) is 40.8 Å². The predicted octanol–water partition coefficient (Wildman–Crippen LogP) is -0.739. The van der Waals surface area contributed by atoms with Gasteiger partial charge in [-0.15, -0.1) is 0 Å². The van der Waals surface area contributed by atoms with E-state index in [9.17, 15) is 19.2 Å². The number of benzene rings is 1. The van der Waals surface area contributed by atoms with E-state index >= 15 is 0 Å². The summed E-state index contributed by atoms with van der Waals surface area (Å²) in [5, 5.41) is 40.3. The van der Waals surface area contributed by atoms with Crippen molar-refractivity contribution in [1.29, 1.82) is 0 Å². The lowest BCUT2D eigenvalue weighted by Crippen LogP contribution is -2.60. The maximum atomic E-state index is 13.0. The van der Waals surface area contributed by atoms with E-state index in [2.05, 4.69) is 15.3 Å². The number of rotatable bonds is 12. The van der Waals surface area contributed by atoms with Crippen molar-refractivity contribution in [3.8, 4) is 0 Å². The fraction of sp³-hybridized carbons (Fsp3) is 0.600. The van der Waals surface area contributed by atoms with Gasteiger partial charge >= 0.3 is 17.6 Å². The molecule has 2 aromatic rings. The Morgan fingerprint density at radius 2 is 1.52 bits per heavy atom. The minimum absolute atomic E-state index is 0.106. The first-order valence-electron chi connectivity index (χ1n) is 12.9. The van der Waals surface area contributed by atoms with Crippen LogP contribution in [0, 0.1) is 0 Å². The van der Waals surface area contributed by atoms with E-state index in [1.165, 1.54) is 9.36 Å². The Bertz CT molecular complexity index is 1140. The van der Waals surface area contributed by atoms with E-state index in [4.69, 9.17) is 25.2 Å². The van der Waals surface area contributed by atoms with Crippen LogP contribution in [0.1, 0.15) is 33.1 Å². The average molecular weight is 567 g/mol. The number of anilines is 1. The van der Waals surface area contributed by atoms with Crippen LogP contribution in [-0.4, -0.2) is 114 Å². The highest BCUT2D eigenvalue weighted by molar-refractivity contribution is 5.94. The maximum absolute atomic E-state index is 13.0. The van der Waals surface area contributed by atoms with Crippen LogP contribution in [0.4, 0.5) is 5.69 Å². The SMILES string of the molecule is CCC(=O)N(c1ccccc1)C1(COC)CCN(CCn2nnn(CC)c2=O)CC1.O=C(O)C(O)C(O)C(=O)O. The van der Waals surface area contributed by atoms with Crippen molar-refractivity contribution in [2.45, 2.75) is 63.9 Å². The van der Waals surface area contributed by atoms with Gasteiger partial charge in [-0.2, -0.15) is 9.36 Å². The summed E-state index contributed by atoms with van der Waals surface area (Å²) in [6.45, 7) is 7.64. The number of para-hydroxylation sites is 1. The summed E-state index contributed by atoms with van der Waals surface area (Å²) in [4.78, 5) is 48.9. The van der Waals surface area contributed by atoms with Crippen molar-refractivity contribution in [2.24, 2.45) is 0 Å². The van der Waals surface area contributed by atoms with Gasteiger partial charge in [0.15, 0.2) is 12.2 Å². The van der Waals surface area contributed by atoms with Gasteiger partial charge in [0.25, 0.3) is 0 Å². The molecule has 2 atom stereocenters. The molecule has 0 bridgehead atoms. The molecule has 4 N–H and O–H groups in total. The van der Waals surface area contributed by atoms with Crippen LogP contribution in [0.2, 0.25) is 0 Å². The van der Waals surface area contributed by atoms with E-state index in [0.717, 1.165) is 38.2 Å². The number of nitrogens with zero attached hydrogens (tertiary/aromatic N) is 6. The number of tetrazole rings is 1. The number of aliphatic hydroxyl groups is 2. The average Bonchev–Trinajstić information content (AvgIpc) is 3.31. The highest BCUT2D eigenvalue weighted by Crippen LogP contribution is 2.34. The number of aliphatic hydroxyl groups excluding tert-OH is 2. The molecule has 1 fully saturated rings. The number of carboxylic acid groups (broad SMARTS) is 2. The first-order chi connectivity index (χ1) is 19.0. The fourth-order valence-corrected chi connectivity index (χ4v) is 4.46. The molecule has 0 radical (unpaired) electrons. The summed E-state index contributed by atoms with van der Waals surface area (Å²) >= 11 is 0. The molecule has 1 aromatic carbocycles. The molecule has 2 unspecified atom stereocenters. The van der Waals surface area contributed by atoms with Crippen molar-refractivity contribution < 1.29 is 39.5 Å². The zero-order valence-corrected chi connectivity index (χ0v) is 22.9. The van der Waals surface area contributed by atoms with Gasteiger partial charge in [-0.1, -0.05) is 25.1 Å². The van der Waals surface area contributed by atoms with E-state index in [1.807, 2.05) is 49.1 Å². The molecular formula is C25H38N6O9. The third kappa shape index (κ3) is 8.17. The standard InChI is InChI=1S/C21H32N6O3.C4H6O6/c1-4-19(28)27(18-9-7-6-8-10-18)21(17-30-3)11-13-24(14-12-21)15-16-26-20(29)25(5-2)22-23-26;5-1(3(7)8)2(6)4(9)10/h6-10H,4-5,11-17H2,1-3H3;1-2,5-6H,(H,7,8)(H,9,10). The van der Waals surface area contributed by atoms with Crippen LogP contribution < -0.4 is 10.6 Å². The highest BCUT2D eigenvalue weighted by atomic mass is 16.5. The normalized spacial score (nSPS) is 16.3. The minimum atomic E-state index is -2.27. The molecule has 1 saturated heterocycles. The molecule has 2 heterocycles. The zero-order chi connectivity index (χ0) is 29.9. The lowest BCUT2D eigenvalue weighted by molar-refractivity contribution is -0.165. The number of ether oxygens (including phenoxy) is 1. The zero-order valence-electron chi connectivity index (χ0n) is 22.9. The van der Waals surface area contributed by atoms with Crippen LogP contribution in [0.3, 0.4) is 0 Å². The summed E-state index contributed by atoms with van der Waals surface area (Å²) in [5.74, 6) is -3.43. The monoisotopic (exact) mass is 566 g/mol. The third-order valence-corrected chi connectivity index (χ3v) is 6.67. The van der Waals surface area contributed by atoms with Gasteiger partial charge in [0, 0.05) is 45.4 Å². The summed E-state index contributed by atoms with van der Waals surface area (Å²) in [6.07, 6.45) is -2.48. The van der Waals surface area contributed by atoms with Gasteiger partial charge in [0.1, 0.15) is 0 Å². The molecule has 0 saturated carbocycles. The van der Waals surface area contributed by atoms with E-state index < -0.39 is 24.1 Å². The molecule has 40 heavy (non-hydrogen) atoms. The molecular weight excluding hydrogens is 528 g/mol. The number of amides is 1. The topological polar surface area (TPSA) is 201 Å². The second-order valence-corrected chi connectivity index (χ2v) is 9.28. The molecule has 1 amide bonds. The lowest BCUT2D eigenvalue weighted by Gasteiger charge is -2.48. The number of carbonyl (C=O) groups is 3. The molecule has 222 valence electrons. The summed E-state index contributed by atoms with van der Waals surface area (Å²) in [5.41, 5.74) is 0.367. The number of carbonyl (C=O) groups excluding carboxylic acids is 1. The van der Waals surface area contributed by atoms with E-state index in [1.54, 1.807) is 7.11 Å². The molecule has 1 aliphatic heterocycles. The maximum Gasteiger partial charge on any atom is 0.363 e. The van der Waals surface area contributed by atoms with E-state index in [0.29, 0.717) is 26.1 Å². The number of aliphatic carboxylic acids is 2.